The fraction of sp³-hybridized carbons (Fsp3) is 0.615. The minimum absolute atomic E-state index is 0.194. The second-order valence-corrected chi connectivity index (χ2v) is 5.12. The predicted molar refractivity (Wildman–Crippen MR) is 72.2 cm³/mol. The summed E-state index contributed by atoms with van der Waals surface area (Å²) in [5, 5.41) is 1.94. The van der Waals surface area contributed by atoms with Gasteiger partial charge in [0.1, 0.15) is 12.4 Å². The maximum absolute atomic E-state index is 12.2. The zero-order valence-corrected chi connectivity index (χ0v) is 12.0. The molecule has 22 heavy (non-hydrogen) atoms. The van der Waals surface area contributed by atoms with Gasteiger partial charge in [-0.1, -0.05) is 0 Å². The van der Waals surface area contributed by atoms with Crippen molar-refractivity contribution >= 4 is 11.7 Å². The third-order valence-electron chi connectivity index (χ3n) is 3.50. The van der Waals surface area contributed by atoms with Crippen molar-refractivity contribution in [2.24, 2.45) is 11.8 Å². The van der Waals surface area contributed by atoms with E-state index in [1.165, 1.54) is 19.5 Å². The normalized spacial score (nSPS) is 21.9. The minimum Gasteiger partial charge on any atom is -0.384 e. The van der Waals surface area contributed by atoms with E-state index >= 15 is 0 Å². The number of methoxy groups -OCH3 is 1. The smallest absolute Gasteiger partial charge is 0.384 e. The minimum atomic E-state index is -4.42. The van der Waals surface area contributed by atoms with Gasteiger partial charge in [-0.05, 0) is 0 Å². The summed E-state index contributed by atoms with van der Waals surface area (Å²) >= 11 is 0. The van der Waals surface area contributed by atoms with E-state index in [9.17, 15) is 18.0 Å². The molecule has 1 amide bonds. The monoisotopic (exact) mass is 318 g/mol. The average molecular weight is 318 g/mol. The Balaban J connectivity index is 2.03. The number of rotatable bonds is 5. The van der Waals surface area contributed by atoms with E-state index in [1.54, 1.807) is 6.20 Å². The molecular formula is C13H17F3N4O2. The van der Waals surface area contributed by atoms with Gasteiger partial charge in [0.15, 0.2) is 0 Å². The van der Waals surface area contributed by atoms with Crippen molar-refractivity contribution in [2.45, 2.75) is 6.18 Å². The highest BCUT2D eigenvalue weighted by molar-refractivity contribution is 5.80. The van der Waals surface area contributed by atoms with E-state index in [4.69, 9.17) is 4.74 Å². The Morgan fingerprint density at radius 3 is 2.82 bits per heavy atom. The largest absolute Gasteiger partial charge is 0.405 e. The molecule has 2 rings (SSSR count). The SMILES string of the molecule is COC[C@@H]1CN(c2cnccn2)C[C@H]1C(=O)NCC(F)(F)F. The van der Waals surface area contributed by atoms with Crippen molar-refractivity contribution in [2.75, 3.05) is 38.3 Å². The number of carbonyl (C=O) groups is 1. The molecule has 0 bridgehead atoms. The standard InChI is InChI=1S/C13H17F3N4O2/c1-22-7-9-5-20(11-4-17-2-3-18-11)6-10(9)12(21)19-8-13(14,15)16/h2-4,9-10H,5-8H2,1H3,(H,19,21)/t9-,10+/m0/s1. The Labute approximate surface area is 125 Å². The first-order valence-corrected chi connectivity index (χ1v) is 6.75. The van der Waals surface area contributed by atoms with E-state index < -0.39 is 24.5 Å². The van der Waals surface area contributed by atoms with Crippen molar-refractivity contribution in [1.29, 1.82) is 0 Å². The van der Waals surface area contributed by atoms with Gasteiger partial charge in [-0.15, -0.1) is 0 Å². The summed E-state index contributed by atoms with van der Waals surface area (Å²) in [5.74, 6) is -0.801. The van der Waals surface area contributed by atoms with Crippen molar-refractivity contribution in [3.63, 3.8) is 0 Å². The van der Waals surface area contributed by atoms with Gasteiger partial charge in [0.25, 0.3) is 0 Å². The maximum Gasteiger partial charge on any atom is 0.405 e. The average Bonchev–Trinajstić information content (AvgIpc) is 2.89. The zero-order chi connectivity index (χ0) is 16.2. The molecule has 0 spiro atoms. The molecule has 9 heteroatoms. The van der Waals surface area contributed by atoms with Gasteiger partial charge in [0.2, 0.25) is 5.91 Å². The first-order chi connectivity index (χ1) is 10.4. The number of carbonyl (C=O) groups excluding carboxylic acids is 1. The molecule has 1 aromatic heterocycles. The van der Waals surface area contributed by atoms with E-state index in [2.05, 4.69) is 9.97 Å². The molecule has 6 nitrogen and oxygen atoms in total. The molecule has 0 saturated carbocycles. The molecule has 1 aromatic rings. The number of hydrogen-bond acceptors (Lipinski definition) is 5. The Kier molecular flexibility index (Phi) is 5.17. The van der Waals surface area contributed by atoms with Crippen LogP contribution < -0.4 is 10.2 Å². The highest BCUT2D eigenvalue weighted by Crippen LogP contribution is 2.27. The molecule has 0 aromatic carbocycles. The van der Waals surface area contributed by atoms with Crippen LogP contribution in [-0.2, 0) is 9.53 Å². The van der Waals surface area contributed by atoms with Crippen molar-refractivity contribution in [3.8, 4) is 0 Å². The second-order valence-electron chi connectivity index (χ2n) is 5.12. The zero-order valence-electron chi connectivity index (χ0n) is 12.0. The number of nitrogens with zero attached hydrogens (tertiary/aromatic N) is 3. The predicted octanol–water partition coefficient (Wildman–Crippen LogP) is 0.854. The molecule has 1 fully saturated rings. The number of hydrogen-bond donors (Lipinski definition) is 1. The Morgan fingerprint density at radius 2 is 2.23 bits per heavy atom. The lowest BCUT2D eigenvalue weighted by atomic mass is 9.96. The lowest BCUT2D eigenvalue weighted by Crippen LogP contribution is -2.41. The third kappa shape index (κ3) is 4.30. The molecule has 0 unspecified atom stereocenters. The van der Waals surface area contributed by atoms with Crippen LogP contribution >= 0.6 is 0 Å². The van der Waals surface area contributed by atoms with Crippen LogP contribution in [0.3, 0.4) is 0 Å². The highest BCUT2D eigenvalue weighted by atomic mass is 19.4. The molecule has 2 heterocycles. The molecule has 2 atom stereocenters. The van der Waals surface area contributed by atoms with E-state index in [0.717, 1.165) is 0 Å². The van der Waals surface area contributed by atoms with Gasteiger partial charge in [0.05, 0.1) is 18.7 Å². The molecule has 0 radical (unpaired) electrons. The van der Waals surface area contributed by atoms with Gasteiger partial charge in [-0.3, -0.25) is 9.78 Å². The fourth-order valence-electron chi connectivity index (χ4n) is 2.51. The number of anilines is 1. The quantitative estimate of drug-likeness (QED) is 0.872. The van der Waals surface area contributed by atoms with Crippen LogP contribution in [0.15, 0.2) is 18.6 Å². The summed E-state index contributed by atoms with van der Waals surface area (Å²) in [7, 11) is 1.50. The second kappa shape index (κ2) is 6.91. The first-order valence-electron chi connectivity index (χ1n) is 6.75. The fourth-order valence-corrected chi connectivity index (χ4v) is 2.51. The molecule has 1 aliphatic heterocycles. The number of alkyl halides is 3. The number of amides is 1. The third-order valence-corrected chi connectivity index (χ3v) is 3.50. The van der Waals surface area contributed by atoms with Crippen molar-refractivity contribution in [1.82, 2.24) is 15.3 Å². The molecule has 1 saturated heterocycles. The topological polar surface area (TPSA) is 67.3 Å². The van der Waals surface area contributed by atoms with Crippen LogP contribution in [0.1, 0.15) is 0 Å². The maximum atomic E-state index is 12.2. The van der Waals surface area contributed by atoms with E-state index in [0.29, 0.717) is 19.0 Å². The van der Waals surface area contributed by atoms with E-state index in [1.807, 2.05) is 10.2 Å². The van der Waals surface area contributed by atoms with Gasteiger partial charge in [-0.25, -0.2) is 4.98 Å². The van der Waals surface area contributed by atoms with Gasteiger partial charge in [-0.2, -0.15) is 13.2 Å². The van der Waals surface area contributed by atoms with Gasteiger partial charge in [0, 0.05) is 38.5 Å². The Bertz CT molecular complexity index is 498. The first kappa shape index (κ1) is 16.5. The van der Waals surface area contributed by atoms with Crippen LogP contribution in [0, 0.1) is 11.8 Å². The van der Waals surface area contributed by atoms with Crippen LogP contribution in [0.5, 0.6) is 0 Å². The summed E-state index contributed by atoms with van der Waals surface area (Å²) in [4.78, 5) is 22.0. The number of ether oxygens (including phenoxy) is 1. The number of halogens is 3. The summed E-state index contributed by atoms with van der Waals surface area (Å²) in [6, 6.07) is 0. The van der Waals surface area contributed by atoms with Crippen LogP contribution in [0.2, 0.25) is 0 Å². The molecule has 1 N–H and O–H groups in total. The highest BCUT2D eigenvalue weighted by Gasteiger charge is 2.39. The molecule has 0 aliphatic carbocycles. The van der Waals surface area contributed by atoms with E-state index in [-0.39, 0.29) is 12.5 Å². The summed E-state index contributed by atoms with van der Waals surface area (Å²) in [6.07, 6.45) is 0.187. The number of aromatic nitrogens is 2. The molecular weight excluding hydrogens is 301 g/mol. The number of nitrogens with one attached hydrogen (secondary N) is 1. The summed E-state index contributed by atoms with van der Waals surface area (Å²) in [6.45, 7) is -0.263. The van der Waals surface area contributed by atoms with Gasteiger partial charge >= 0.3 is 6.18 Å². The van der Waals surface area contributed by atoms with Gasteiger partial charge < -0.3 is 15.0 Å². The van der Waals surface area contributed by atoms with Crippen LogP contribution in [0.4, 0.5) is 19.0 Å². The van der Waals surface area contributed by atoms with Crippen LogP contribution in [-0.4, -0.2) is 55.4 Å². The Morgan fingerprint density at radius 1 is 1.45 bits per heavy atom. The van der Waals surface area contributed by atoms with Crippen molar-refractivity contribution < 1.29 is 22.7 Å². The summed E-state index contributed by atoms with van der Waals surface area (Å²) in [5.41, 5.74) is 0. The summed E-state index contributed by atoms with van der Waals surface area (Å²) < 4.78 is 41.7. The lowest BCUT2D eigenvalue weighted by Gasteiger charge is -2.17. The van der Waals surface area contributed by atoms with Crippen LogP contribution in [0.25, 0.3) is 0 Å². The Hall–Kier alpha value is -1.90. The molecule has 1 aliphatic rings. The molecule has 122 valence electrons. The lowest BCUT2D eigenvalue weighted by molar-refractivity contribution is -0.141. The van der Waals surface area contributed by atoms with Crippen molar-refractivity contribution in [3.05, 3.63) is 18.6 Å².